The maximum Gasteiger partial charge on any atom is 0.165 e. The van der Waals surface area contributed by atoms with Gasteiger partial charge in [-0.15, -0.1) is 0 Å². The van der Waals surface area contributed by atoms with Crippen LogP contribution < -0.4 is 4.74 Å². The maximum atomic E-state index is 14.2. The second-order valence-corrected chi connectivity index (χ2v) is 5.90. The molecule has 0 aliphatic rings. The van der Waals surface area contributed by atoms with Crippen LogP contribution in [0.4, 0.5) is 4.39 Å². The Balaban J connectivity index is 1.96. The summed E-state index contributed by atoms with van der Waals surface area (Å²) in [6.07, 6.45) is 2.79. The van der Waals surface area contributed by atoms with Crippen LogP contribution in [0.5, 0.6) is 5.75 Å². The normalized spacial score (nSPS) is 10.8. The van der Waals surface area contributed by atoms with E-state index in [0.29, 0.717) is 12.4 Å². The fourth-order valence-corrected chi connectivity index (χ4v) is 2.59. The van der Waals surface area contributed by atoms with Gasteiger partial charge in [0.2, 0.25) is 0 Å². The molecule has 3 nitrogen and oxygen atoms in total. The van der Waals surface area contributed by atoms with Gasteiger partial charge in [0, 0.05) is 6.20 Å². The highest BCUT2D eigenvalue weighted by Gasteiger charge is 2.09. The molecule has 0 unspecified atom stereocenters. The first-order valence-electron chi connectivity index (χ1n) is 8.14. The lowest BCUT2D eigenvalue weighted by Gasteiger charge is -2.11. The Kier molecular flexibility index (Phi) is 4.65. The van der Waals surface area contributed by atoms with Crippen molar-refractivity contribution < 1.29 is 9.13 Å². The molecule has 24 heavy (non-hydrogen) atoms. The van der Waals surface area contributed by atoms with Gasteiger partial charge in [-0.3, -0.25) is 0 Å². The number of aryl methyl sites for hydroxylation is 2. The zero-order chi connectivity index (χ0) is 17.1. The topological polar surface area (TPSA) is 27.1 Å². The quantitative estimate of drug-likeness (QED) is 0.654. The molecule has 0 bridgehead atoms. The molecule has 0 saturated heterocycles. The summed E-state index contributed by atoms with van der Waals surface area (Å²) in [5.74, 6) is -0.0337. The minimum atomic E-state index is -0.335. The predicted molar refractivity (Wildman–Crippen MR) is 94.2 cm³/mol. The molecule has 0 saturated carbocycles. The Hall–Kier alpha value is -2.62. The van der Waals surface area contributed by atoms with Gasteiger partial charge in [-0.25, -0.2) is 9.07 Å². The van der Waals surface area contributed by atoms with Crippen LogP contribution in [-0.2, 0) is 0 Å². The predicted octanol–water partition coefficient (Wildman–Crippen LogP) is 5.08. The van der Waals surface area contributed by atoms with Gasteiger partial charge in [0.05, 0.1) is 18.0 Å². The number of benzene rings is 2. The van der Waals surface area contributed by atoms with Crippen LogP contribution in [0.2, 0.25) is 0 Å². The van der Waals surface area contributed by atoms with E-state index in [1.54, 1.807) is 6.07 Å². The molecule has 0 spiro atoms. The Morgan fingerprint density at radius 1 is 1.04 bits per heavy atom. The Morgan fingerprint density at radius 2 is 1.79 bits per heavy atom. The van der Waals surface area contributed by atoms with Gasteiger partial charge in [-0.1, -0.05) is 25.1 Å². The van der Waals surface area contributed by atoms with Crippen molar-refractivity contribution in [2.75, 3.05) is 6.61 Å². The molecule has 3 rings (SSSR count). The van der Waals surface area contributed by atoms with Crippen molar-refractivity contribution in [3.8, 4) is 22.6 Å². The Bertz CT molecular complexity index is 855. The molecule has 0 aliphatic carbocycles. The van der Waals surface area contributed by atoms with Crippen LogP contribution in [0.25, 0.3) is 16.8 Å². The number of nitrogens with zero attached hydrogens (tertiary/aromatic N) is 2. The van der Waals surface area contributed by atoms with Gasteiger partial charge in [-0.05, 0) is 61.2 Å². The molecule has 0 amide bonds. The zero-order valence-electron chi connectivity index (χ0n) is 14.2. The second-order valence-electron chi connectivity index (χ2n) is 5.90. The average Bonchev–Trinajstić information content (AvgIpc) is 3.00. The van der Waals surface area contributed by atoms with Crippen molar-refractivity contribution in [3.05, 3.63) is 65.7 Å². The van der Waals surface area contributed by atoms with Crippen molar-refractivity contribution in [3.63, 3.8) is 0 Å². The SMILES string of the molecule is CCCOc1ccc(-c2ccc(C)c(-n3ccc(C)n3)c2)cc1F. The third kappa shape index (κ3) is 3.32. The van der Waals surface area contributed by atoms with Crippen molar-refractivity contribution in [1.29, 1.82) is 0 Å². The number of ether oxygens (including phenoxy) is 1. The third-order valence-corrected chi connectivity index (χ3v) is 3.91. The molecule has 0 N–H and O–H groups in total. The summed E-state index contributed by atoms with van der Waals surface area (Å²) in [6.45, 7) is 6.51. The molecule has 1 heterocycles. The smallest absolute Gasteiger partial charge is 0.165 e. The van der Waals surface area contributed by atoms with E-state index in [9.17, 15) is 4.39 Å². The number of aromatic nitrogens is 2. The summed E-state index contributed by atoms with van der Waals surface area (Å²) < 4.78 is 21.5. The highest BCUT2D eigenvalue weighted by Crippen LogP contribution is 2.28. The molecule has 3 aromatic rings. The highest BCUT2D eigenvalue weighted by molar-refractivity contribution is 5.68. The van der Waals surface area contributed by atoms with Gasteiger partial charge >= 0.3 is 0 Å². The van der Waals surface area contributed by atoms with E-state index in [-0.39, 0.29) is 5.82 Å². The zero-order valence-corrected chi connectivity index (χ0v) is 14.2. The van der Waals surface area contributed by atoms with E-state index in [1.807, 2.05) is 62.0 Å². The van der Waals surface area contributed by atoms with Gasteiger partial charge in [-0.2, -0.15) is 5.10 Å². The summed E-state index contributed by atoms with van der Waals surface area (Å²) in [5.41, 5.74) is 4.84. The summed E-state index contributed by atoms with van der Waals surface area (Å²) in [7, 11) is 0. The van der Waals surface area contributed by atoms with Crippen LogP contribution in [-0.4, -0.2) is 16.4 Å². The summed E-state index contributed by atoms with van der Waals surface area (Å²) >= 11 is 0. The molecule has 0 fully saturated rings. The molecule has 4 heteroatoms. The van der Waals surface area contributed by atoms with Crippen LogP contribution in [0.1, 0.15) is 24.6 Å². The standard InChI is InChI=1S/C20H21FN2O/c1-4-11-24-20-8-7-16(12-18(20)21)17-6-5-14(2)19(13-17)23-10-9-15(3)22-23/h5-10,12-13H,4,11H2,1-3H3. The van der Waals surface area contributed by atoms with Crippen molar-refractivity contribution in [2.45, 2.75) is 27.2 Å². The molecule has 0 aliphatic heterocycles. The number of halogens is 1. The number of hydrogen-bond acceptors (Lipinski definition) is 2. The van der Waals surface area contributed by atoms with Gasteiger partial charge < -0.3 is 4.74 Å². The molecule has 2 aromatic carbocycles. The Labute approximate surface area is 141 Å². The van der Waals surface area contributed by atoms with E-state index in [2.05, 4.69) is 5.10 Å². The minimum Gasteiger partial charge on any atom is -0.491 e. The van der Waals surface area contributed by atoms with Crippen molar-refractivity contribution in [1.82, 2.24) is 9.78 Å². The average molecular weight is 324 g/mol. The van der Waals surface area contributed by atoms with E-state index in [1.165, 1.54) is 6.07 Å². The van der Waals surface area contributed by atoms with Crippen LogP contribution >= 0.6 is 0 Å². The third-order valence-electron chi connectivity index (χ3n) is 3.91. The minimum absolute atomic E-state index is 0.302. The van der Waals surface area contributed by atoms with Crippen LogP contribution in [0.15, 0.2) is 48.7 Å². The van der Waals surface area contributed by atoms with E-state index in [0.717, 1.165) is 34.5 Å². The molecular weight excluding hydrogens is 303 g/mol. The van der Waals surface area contributed by atoms with E-state index in [4.69, 9.17) is 4.74 Å². The second kappa shape index (κ2) is 6.87. The first-order chi connectivity index (χ1) is 11.6. The van der Waals surface area contributed by atoms with Gasteiger partial charge in [0.15, 0.2) is 11.6 Å². The molecule has 0 radical (unpaired) electrons. The van der Waals surface area contributed by atoms with Gasteiger partial charge in [0.1, 0.15) is 0 Å². The molecule has 124 valence electrons. The summed E-state index contributed by atoms with van der Waals surface area (Å²) in [5, 5.41) is 4.46. The highest BCUT2D eigenvalue weighted by atomic mass is 19.1. The largest absolute Gasteiger partial charge is 0.491 e. The Morgan fingerprint density at radius 3 is 2.46 bits per heavy atom. The molecular formula is C20H21FN2O. The fourth-order valence-electron chi connectivity index (χ4n) is 2.59. The van der Waals surface area contributed by atoms with Crippen LogP contribution in [0, 0.1) is 19.7 Å². The van der Waals surface area contributed by atoms with Gasteiger partial charge in [0.25, 0.3) is 0 Å². The lowest BCUT2D eigenvalue weighted by Crippen LogP contribution is -1.99. The van der Waals surface area contributed by atoms with Crippen molar-refractivity contribution in [2.24, 2.45) is 0 Å². The van der Waals surface area contributed by atoms with E-state index < -0.39 is 0 Å². The maximum absolute atomic E-state index is 14.2. The first kappa shape index (κ1) is 16.2. The molecule has 1 aromatic heterocycles. The summed E-state index contributed by atoms with van der Waals surface area (Å²) in [6, 6.07) is 13.1. The number of rotatable bonds is 5. The summed E-state index contributed by atoms with van der Waals surface area (Å²) in [4.78, 5) is 0. The lowest BCUT2D eigenvalue weighted by molar-refractivity contribution is 0.301. The van der Waals surface area contributed by atoms with Crippen molar-refractivity contribution >= 4 is 0 Å². The molecule has 0 atom stereocenters. The monoisotopic (exact) mass is 324 g/mol. The lowest BCUT2D eigenvalue weighted by atomic mass is 10.0. The van der Waals surface area contributed by atoms with Crippen LogP contribution in [0.3, 0.4) is 0 Å². The number of hydrogen-bond donors (Lipinski definition) is 0. The fraction of sp³-hybridized carbons (Fsp3) is 0.250. The van der Waals surface area contributed by atoms with E-state index >= 15 is 0 Å². The first-order valence-corrected chi connectivity index (χ1v) is 8.14.